The number of anilines is 1. The smallest absolute Gasteiger partial charge is 0.277 e. The molecule has 2 atom stereocenters. The Bertz CT molecular complexity index is 1050. The third-order valence-corrected chi connectivity index (χ3v) is 6.92. The van der Waals surface area contributed by atoms with E-state index < -0.39 is 0 Å². The van der Waals surface area contributed by atoms with Crippen LogP contribution < -0.4 is 10.2 Å². The first-order valence-electron chi connectivity index (χ1n) is 11.3. The summed E-state index contributed by atoms with van der Waals surface area (Å²) in [6, 6.07) is 16.6. The number of hydrogen-bond donors (Lipinski definition) is 1. The molecule has 0 bridgehead atoms. The molecule has 0 radical (unpaired) electrons. The average molecular weight is 451 g/mol. The number of aromatic nitrogens is 2. The molecular formula is C25H30N4O2S. The van der Waals surface area contributed by atoms with E-state index >= 15 is 0 Å². The number of hydrogen-bond acceptors (Lipinski definition) is 6. The molecule has 168 valence electrons. The van der Waals surface area contributed by atoms with Crippen molar-refractivity contribution in [2.45, 2.75) is 56.5 Å². The van der Waals surface area contributed by atoms with Gasteiger partial charge in [0.25, 0.3) is 5.22 Å². The number of thioether (sulfide) groups is 1. The molecule has 4 rings (SSSR count). The fraction of sp³-hybridized carbons (Fsp3) is 0.400. The lowest BCUT2D eigenvalue weighted by molar-refractivity contribution is -0.121. The highest BCUT2D eigenvalue weighted by Gasteiger charge is 2.25. The maximum atomic E-state index is 12.8. The Labute approximate surface area is 193 Å². The summed E-state index contributed by atoms with van der Waals surface area (Å²) in [5.74, 6) is 0.451. The van der Waals surface area contributed by atoms with Gasteiger partial charge >= 0.3 is 0 Å². The van der Waals surface area contributed by atoms with Crippen molar-refractivity contribution in [1.82, 2.24) is 15.5 Å². The van der Waals surface area contributed by atoms with E-state index in [1.165, 1.54) is 28.6 Å². The Morgan fingerprint density at radius 3 is 2.66 bits per heavy atom. The highest BCUT2D eigenvalue weighted by molar-refractivity contribution is 8.00. The van der Waals surface area contributed by atoms with Crippen molar-refractivity contribution in [3.05, 3.63) is 59.7 Å². The maximum absolute atomic E-state index is 12.8. The van der Waals surface area contributed by atoms with Gasteiger partial charge in [0.15, 0.2) is 0 Å². The predicted molar refractivity (Wildman–Crippen MR) is 129 cm³/mol. The molecule has 0 unspecified atom stereocenters. The first-order valence-corrected chi connectivity index (χ1v) is 12.2. The van der Waals surface area contributed by atoms with Crippen LogP contribution in [0.25, 0.3) is 11.5 Å². The summed E-state index contributed by atoms with van der Waals surface area (Å²) >= 11 is 1.29. The van der Waals surface area contributed by atoms with Gasteiger partial charge in [-0.2, -0.15) is 0 Å². The molecule has 1 aliphatic rings. The quantitative estimate of drug-likeness (QED) is 0.472. The van der Waals surface area contributed by atoms with Crippen LogP contribution in [-0.4, -0.2) is 34.4 Å². The molecule has 6 nitrogen and oxygen atoms in total. The van der Waals surface area contributed by atoms with Crippen LogP contribution in [0.2, 0.25) is 0 Å². The zero-order valence-corrected chi connectivity index (χ0v) is 19.7. The lowest BCUT2D eigenvalue weighted by Crippen LogP contribution is -2.35. The zero-order chi connectivity index (χ0) is 22.5. The first-order chi connectivity index (χ1) is 15.6. The van der Waals surface area contributed by atoms with E-state index in [4.69, 9.17) is 4.42 Å². The molecule has 2 aromatic carbocycles. The van der Waals surface area contributed by atoms with Crippen molar-refractivity contribution in [2.24, 2.45) is 0 Å². The van der Waals surface area contributed by atoms with Crippen molar-refractivity contribution in [3.63, 3.8) is 0 Å². The van der Waals surface area contributed by atoms with Gasteiger partial charge in [0, 0.05) is 24.3 Å². The maximum Gasteiger partial charge on any atom is 0.277 e. The number of nitrogens with zero attached hydrogens (tertiary/aromatic N) is 3. The van der Waals surface area contributed by atoms with Gasteiger partial charge in [-0.1, -0.05) is 36.0 Å². The van der Waals surface area contributed by atoms with Gasteiger partial charge in [0.1, 0.15) is 0 Å². The summed E-state index contributed by atoms with van der Waals surface area (Å²) < 4.78 is 5.84. The number of nitrogens with one attached hydrogen (secondary N) is 1. The van der Waals surface area contributed by atoms with Crippen molar-refractivity contribution < 1.29 is 9.21 Å². The summed E-state index contributed by atoms with van der Waals surface area (Å²) in [5, 5.41) is 11.6. The van der Waals surface area contributed by atoms with E-state index in [2.05, 4.69) is 64.6 Å². The number of carbonyl (C=O) groups is 1. The van der Waals surface area contributed by atoms with Gasteiger partial charge in [0.05, 0.1) is 11.3 Å². The third-order valence-electron chi connectivity index (χ3n) is 5.98. The van der Waals surface area contributed by atoms with Crippen LogP contribution in [0, 0.1) is 0 Å². The SMILES string of the molecule is CCN(CC)c1ccc(-c2nnc(S[C@H](C)C(=O)N[C@@H]3CCCc4ccccc43)o2)cc1. The molecule has 1 amide bonds. The van der Waals surface area contributed by atoms with Crippen molar-refractivity contribution in [3.8, 4) is 11.5 Å². The molecule has 1 heterocycles. The molecule has 0 fully saturated rings. The van der Waals surface area contributed by atoms with E-state index in [1.807, 2.05) is 25.1 Å². The molecule has 0 saturated carbocycles. The first kappa shape index (κ1) is 22.4. The number of amides is 1. The molecule has 1 aliphatic carbocycles. The van der Waals surface area contributed by atoms with Crippen molar-refractivity contribution in [2.75, 3.05) is 18.0 Å². The molecule has 0 saturated heterocycles. The van der Waals surface area contributed by atoms with Crippen LogP contribution >= 0.6 is 11.8 Å². The summed E-state index contributed by atoms with van der Waals surface area (Å²) in [6.07, 6.45) is 3.13. The van der Waals surface area contributed by atoms with E-state index in [1.54, 1.807) is 0 Å². The molecule has 1 aromatic heterocycles. The number of benzene rings is 2. The van der Waals surface area contributed by atoms with Crippen LogP contribution in [0.3, 0.4) is 0 Å². The minimum Gasteiger partial charge on any atom is -0.411 e. The fourth-order valence-corrected chi connectivity index (χ4v) is 4.87. The van der Waals surface area contributed by atoms with Crippen LogP contribution in [0.1, 0.15) is 50.8 Å². The van der Waals surface area contributed by atoms with Gasteiger partial charge in [-0.15, -0.1) is 10.2 Å². The van der Waals surface area contributed by atoms with Crippen molar-refractivity contribution in [1.29, 1.82) is 0 Å². The van der Waals surface area contributed by atoms with Gasteiger partial charge in [-0.05, 0) is 75.4 Å². The molecule has 0 spiro atoms. The van der Waals surface area contributed by atoms with Crippen LogP contribution in [0.15, 0.2) is 58.2 Å². The summed E-state index contributed by atoms with van der Waals surface area (Å²) in [7, 11) is 0. The second kappa shape index (κ2) is 10.2. The van der Waals surface area contributed by atoms with Crippen LogP contribution in [0.5, 0.6) is 0 Å². The Morgan fingerprint density at radius 1 is 1.16 bits per heavy atom. The van der Waals surface area contributed by atoms with Gasteiger partial charge < -0.3 is 14.6 Å². The van der Waals surface area contributed by atoms with Gasteiger partial charge in [-0.25, -0.2) is 0 Å². The second-order valence-electron chi connectivity index (χ2n) is 8.00. The Kier molecular flexibility index (Phi) is 7.15. The van der Waals surface area contributed by atoms with Gasteiger partial charge in [-0.3, -0.25) is 4.79 Å². The van der Waals surface area contributed by atoms with E-state index in [-0.39, 0.29) is 17.2 Å². The third kappa shape index (κ3) is 4.99. The molecule has 7 heteroatoms. The second-order valence-corrected chi connectivity index (χ2v) is 9.30. The minimum absolute atomic E-state index is 0.0139. The summed E-state index contributed by atoms with van der Waals surface area (Å²) in [4.78, 5) is 15.1. The zero-order valence-electron chi connectivity index (χ0n) is 18.9. The predicted octanol–water partition coefficient (Wildman–Crippen LogP) is 5.26. The number of aryl methyl sites for hydroxylation is 1. The largest absolute Gasteiger partial charge is 0.411 e. The van der Waals surface area contributed by atoms with Gasteiger partial charge in [0.2, 0.25) is 11.8 Å². The molecule has 3 aromatic rings. The van der Waals surface area contributed by atoms with Crippen molar-refractivity contribution >= 4 is 23.4 Å². The van der Waals surface area contributed by atoms with Crippen LogP contribution in [-0.2, 0) is 11.2 Å². The van der Waals surface area contributed by atoms with E-state index in [0.29, 0.717) is 11.1 Å². The molecule has 0 aliphatic heterocycles. The number of fused-ring (bicyclic) bond motifs is 1. The lowest BCUT2D eigenvalue weighted by atomic mass is 9.88. The molecule has 32 heavy (non-hydrogen) atoms. The molecule has 1 N–H and O–H groups in total. The van der Waals surface area contributed by atoms with Crippen LogP contribution in [0.4, 0.5) is 5.69 Å². The van der Waals surface area contributed by atoms with E-state index in [0.717, 1.165) is 37.9 Å². The average Bonchev–Trinajstić information content (AvgIpc) is 3.29. The Morgan fingerprint density at radius 2 is 1.91 bits per heavy atom. The lowest BCUT2D eigenvalue weighted by Gasteiger charge is -2.27. The number of carbonyl (C=O) groups excluding carboxylic acids is 1. The summed E-state index contributed by atoms with van der Waals surface area (Å²) in [6.45, 7) is 8.08. The minimum atomic E-state index is -0.331. The highest BCUT2D eigenvalue weighted by atomic mass is 32.2. The highest BCUT2D eigenvalue weighted by Crippen LogP contribution is 2.31. The monoisotopic (exact) mass is 450 g/mol. The topological polar surface area (TPSA) is 71.3 Å². The molecular weight excluding hydrogens is 420 g/mol. The Hall–Kier alpha value is -2.80. The normalized spacial score (nSPS) is 16.3. The fourth-order valence-electron chi connectivity index (χ4n) is 4.18. The standard InChI is InChI=1S/C25H30N4O2S/c1-4-29(5-2)20-15-13-19(14-16-20)24-27-28-25(31-24)32-17(3)23(30)26-22-12-8-10-18-9-6-7-11-21(18)22/h6-7,9,11,13-17,22H,4-5,8,10,12H2,1-3H3,(H,26,30)/t17-,22-/m1/s1. The number of rotatable bonds is 8. The van der Waals surface area contributed by atoms with E-state index in [9.17, 15) is 4.79 Å². The summed E-state index contributed by atoms with van der Waals surface area (Å²) in [5.41, 5.74) is 4.61. The Balaban J connectivity index is 1.37.